The summed E-state index contributed by atoms with van der Waals surface area (Å²) in [6, 6.07) is 9.65. The van der Waals surface area contributed by atoms with Crippen molar-refractivity contribution in [3.8, 4) is 11.5 Å². The van der Waals surface area contributed by atoms with Crippen molar-refractivity contribution in [3.05, 3.63) is 63.0 Å². The summed E-state index contributed by atoms with van der Waals surface area (Å²) in [6.45, 7) is 2.60. The molecule has 0 bridgehead atoms. The topological polar surface area (TPSA) is 96.0 Å². The number of ether oxygens (including phenoxy) is 2. The number of non-ortho nitro benzene ring substituents is 1. The molecule has 1 heterocycles. The van der Waals surface area contributed by atoms with E-state index in [4.69, 9.17) is 9.47 Å². The number of nitro groups is 1. The summed E-state index contributed by atoms with van der Waals surface area (Å²) in [5, 5.41) is 10.7. The van der Waals surface area contributed by atoms with E-state index >= 15 is 0 Å². The Balaban J connectivity index is 1.94. The van der Waals surface area contributed by atoms with Gasteiger partial charge >= 0.3 is 0 Å². The van der Waals surface area contributed by atoms with Crippen LogP contribution in [0, 0.1) is 10.1 Å². The molecule has 1 aromatic heterocycles. The minimum absolute atomic E-state index is 0.00159. The molecule has 150 valence electrons. The summed E-state index contributed by atoms with van der Waals surface area (Å²) in [5.41, 5.74) is 1.58. The smallest absolute Gasteiger partial charge is 0.272 e. The molecular weight excluding hydrogens is 394 g/mol. The van der Waals surface area contributed by atoms with Gasteiger partial charge in [-0.3, -0.25) is 14.9 Å². The van der Waals surface area contributed by atoms with Gasteiger partial charge in [0.05, 0.1) is 29.4 Å². The van der Waals surface area contributed by atoms with E-state index in [1.807, 2.05) is 23.6 Å². The van der Waals surface area contributed by atoms with Crippen LogP contribution >= 0.6 is 11.3 Å². The average molecular weight is 413 g/mol. The van der Waals surface area contributed by atoms with E-state index in [9.17, 15) is 14.9 Å². The Morgan fingerprint density at radius 3 is 2.45 bits per heavy atom. The highest BCUT2D eigenvalue weighted by Crippen LogP contribution is 2.33. The van der Waals surface area contributed by atoms with E-state index in [0.29, 0.717) is 28.4 Å². The van der Waals surface area contributed by atoms with E-state index < -0.39 is 10.8 Å². The van der Waals surface area contributed by atoms with Crippen molar-refractivity contribution in [1.29, 1.82) is 0 Å². The summed E-state index contributed by atoms with van der Waals surface area (Å²) in [5.74, 6) is 0.799. The Morgan fingerprint density at radius 2 is 1.86 bits per heavy atom. The molecule has 29 heavy (non-hydrogen) atoms. The molecule has 0 saturated carbocycles. The van der Waals surface area contributed by atoms with Gasteiger partial charge in [-0.15, -0.1) is 0 Å². The molecule has 3 rings (SSSR count). The number of fused-ring (bicyclic) bond motifs is 1. The number of nitrogens with zero attached hydrogens (tertiary/aromatic N) is 3. The van der Waals surface area contributed by atoms with Gasteiger partial charge in [-0.1, -0.05) is 11.3 Å². The zero-order valence-corrected chi connectivity index (χ0v) is 16.9. The maximum atomic E-state index is 12.3. The molecule has 0 unspecified atom stereocenters. The van der Waals surface area contributed by atoms with Crippen LogP contribution < -0.4 is 14.3 Å². The lowest BCUT2D eigenvalue weighted by Gasteiger charge is -2.08. The largest absolute Gasteiger partial charge is 0.493 e. The van der Waals surface area contributed by atoms with Gasteiger partial charge in [-0.25, -0.2) is 0 Å². The Morgan fingerprint density at radius 1 is 1.21 bits per heavy atom. The fourth-order valence-electron chi connectivity index (χ4n) is 2.79. The number of benzene rings is 2. The van der Waals surface area contributed by atoms with Crippen LogP contribution in [0.15, 0.2) is 47.5 Å². The predicted molar refractivity (Wildman–Crippen MR) is 111 cm³/mol. The lowest BCUT2D eigenvalue weighted by Crippen LogP contribution is -2.15. The minimum atomic E-state index is -0.469. The predicted octanol–water partition coefficient (Wildman–Crippen LogP) is 3.79. The second-order valence-electron chi connectivity index (χ2n) is 5.94. The summed E-state index contributed by atoms with van der Waals surface area (Å²) in [7, 11) is 3.15. The van der Waals surface area contributed by atoms with Crippen LogP contribution in [0.4, 0.5) is 5.69 Å². The number of nitro benzene ring substituents is 1. The third-order valence-corrected chi connectivity index (χ3v) is 5.27. The molecule has 0 spiro atoms. The van der Waals surface area contributed by atoms with Gasteiger partial charge in [0.2, 0.25) is 0 Å². The normalized spacial score (nSPS) is 11.9. The van der Waals surface area contributed by atoms with Crippen LogP contribution in [0.3, 0.4) is 0 Å². The van der Waals surface area contributed by atoms with Crippen LogP contribution in [0.1, 0.15) is 12.5 Å². The summed E-state index contributed by atoms with van der Waals surface area (Å²) >= 11 is 1.38. The molecule has 1 amide bonds. The molecule has 0 N–H and O–H groups in total. The van der Waals surface area contributed by atoms with Gasteiger partial charge in [0.1, 0.15) is 0 Å². The summed E-state index contributed by atoms with van der Waals surface area (Å²) < 4.78 is 13.6. The molecule has 0 radical (unpaired) electrons. The number of thiazole rings is 1. The van der Waals surface area contributed by atoms with E-state index in [-0.39, 0.29) is 5.69 Å². The summed E-state index contributed by atoms with van der Waals surface area (Å²) in [4.78, 5) is 27.3. The van der Waals surface area contributed by atoms with E-state index in [0.717, 1.165) is 10.2 Å². The first-order valence-corrected chi connectivity index (χ1v) is 9.55. The Bertz CT molecular complexity index is 1160. The van der Waals surface area contributed by atoms with Crippen LogP contribution in [0.25, 0.3) is 16.3 Å². The Labute approximate surface area is 170 Å². The minimum Gasteiger partial charge on any atom is -0.493 e. The Kier molecular flexibility index (Phi) is 6.08. The second-order valence-corrected chi connectivity index (χ2v) is 6.94. The Hall–Kier alpha value is -3.46. The maximum Gasteiger partial charge on any atom is 0.272 e. The lowest BCUT2D eigenvalue weighted by atomic mass is 10.2. The van der Waals surface area contributed by atoms with Crippen LogP contribution in [0.5, 0.6) is 11.5 Å². The van der Waals surface area contributed by atoms with Gasteiger partial charge in [0, 0.05) is 36.9 Å². The number of carbonyl (C=O) groups is 1. The van der Waals surface area contributed by atoms with Crippen molar-refractivity contribution in [2.75, 3.05) is 14.2 Å². The number of carbonyl (C=O) groups excluding carboxylic acids is 1. The molecule has 9 heteroatoms. The highest BCUT2D eigenvalue weighted by molar-refractivity contribution is 7.16. The number of hydrogen-bond donors (Lipinski definition) is 0. The van der Waals surface area contributed by atoms with Gasteiger partial charge in [0.15, 0.2) is 16.3 Å². The van der Waals surface area contributed by atoms with Gasteiger partial charge in [-0.2, -0.15) is 4.99 Å². The first kappa shape index (κ1) is 20.3. The number of amides is 1. The lowest BCUT2D eigenvalue weighted by molar-refractivity contribution is -0.384. The molecule has 0 aliphatic rings. The van der Waals surface area contributed by atoms with Gasteiger partial charge in [0.25, 0.3) is 11.6 Å². The molecule has 0 saturated heterocycles. The quantitative estimate of drug-likeness (QED) is 0.348. The number of aryl methyl sites for hydroxylation is 1. The zero-order chi connectivity index (χ0) is 21.0. The SMILES string of the molecule is CCn1c(=NC(=O)C=Cc2ccc([N+](=O)[O-])cc2)sc2cc(OC)c(OC)cc21. The first-order chi connectivity index (χ1) is 14.0. The number of aromatic nitrogens is 1. The van der Waals surface area contributed by atoms with Gasteiger partial charge < -0.3 is 14.0 Å². The molecular formula is C20H19N3O5S. The van der Waals surface area contributed by atoms with Crippen LogP contribution in [-0.4, -0.2) is 29.6 Å². The van der Waals surface area contributed by atoms with Crippen LogP contribution in [0.2, 0.25) is 0 Å². The van der Waals surface area contributed by atoms with Crippen molar-refractivity contribution >= 4 is 39.2 Å². The average Bonchev–Trinajstić information content (AvgIpc) is 3.06. The molecule has 0 aliphatic carbocycles. The highest BCUT2D eigenvalue weighted by atomic mass is 32.1. The van der Waals surface area contributed by atoms with Crippen molar-refractivity contribution < 1.29 is 19.2 Å². The molecule has 2 aromatic carbocycles. The van der Waals surface area contributed by atoms with Crippen molar-refractivity contribution in [2.45, 2.75) is 13.5 Å². The fourth-order valence-corrected chi connectivity index (χ4v) is 3.90. The first-order valence-electron chi connectivity index (χ1n) is 8.73. The third-order valence-electron chi connectivity index (χ3n) is 4.23. The monoisotopic (exact) mass is 413 g/mol. The molecule has 0 fully saturated rings. The van der Waals surface area contributed by atoms with Crippen molar-refractivity contribution in [1.82, 2.24) is 4.57 Å². The number of rotatable bonds is 6. The van der Waals surface area contributed by atoms with Crippen molar-refractivity contribution in [2.24, 2.45) is 4.99 Å². The molecule has 8 nitrogen and oxygen atoms in total. The van der Waals surface area contributed by atoms with E-state index in [1.165, 1.54) is 29.5 Å². The van der Waals surface area contributed by atoms with E-state index in [2.05, 4.69) is 4.99 Å². The number of methoxy groups -OCH3 is 2. The van der Waals surface area contributed by atoms with Gasteiger partial charge in [-0.05, 0) is 30.7 Å². The third kappa shape index (κ3) is 4.35. The molecule has 3 aromatic rings. The van der Waals surface area contributed by atoms with Crippen molar-refractivity contribution in [3.63, 3.8) is 0 Å². The number of hydrogen-bond acceptors (Lipinski definition) is 6. The molecule has 0 aliphatic heterocycles. The highest BCUT2D eigenvalue weighted by Gasteiger charge is 2.12. The van der Waals surface area contributed by atoms with E-state index in [1.54, 1.807) is 32.4 Å². The standard InChI is InChI=1S/C20H19N3O5S/c1-4-22-15-11-16(27-2)17(28-3)12-18(15)29-20(22)21-19(24)10-7-13-5-8-14(9-6-13)23(25)26/h5-12H,4H2,1-3H3. The molecule has 0 atom stereocenters. The summed E-state index contributed by atoms with van der Waals surface area (Å²) in [6.07, 6.45) is 2.91. The maximum absolute atomic E-state index is 12.3. The zero-order valence-electron chi connectivity index (χ0n) is 16.1. The van der Waals surface area contributed by atoms with Crippen LogP contribution in [-0.2, 0) is 11.3 Å². The second kappa shape index (κ2) is 8.70. The fraction of sp³-hybridized carbons (Fsp3) is 0.200.